The van der Waals surface area contributed by atoms with Crippen molar-refractivity contribution < 1.29 is 35.8 Å². The number of rotatable bonds is 6. The number of alkyl halides is 6. The minimum absolute atomic E-state index is 0.0832. The van der Waals surface area contributed by atoms with Gasteiger partial charge in [0.2, 0.25) is 0 Å². The number of halogens is 6. The molecule has 0 heterocycles. The summed E-state index contributed by atoms with van der Waals surface area (Å²) in [5.41, 5.74) is -2.97. The van der Waals surface area contributed by atoms with Crippen molar-refractivity contribution in [3.8, 4) is 0 Å². The summed E-state index contributed by atoms with van der Waals surface area (Å²) in [7, 11) is 0. The van der Waals surface area contributed by atoms with Crippen molar-refractivity contribution in [3.63, 3.8) is 0 Å². The molecule has 130 valence electrons. The summed E-state index contributed by atoms with van der Waals surface area (Å²) in [5, 5.41) is 0. The zero-order chi connectivity index (χ0) is 17.7. The number of ether oxygens (including phenoxy) is 2. The fraction of sp³-hybridized carbons (Fsp3) is 0.467. The van der Waals surface area contributed by atoms with Crippen molar-refractivity contribution in [2.45, 2.75) is 32.5 Å². The summed E-state index contributed by atoms with van der Waals surface area (Å²) >= 11 is 0. The predicted octanol–water partition coefficient (Wildman–Crippen LogP) is 5.14. The summed E-state index contributed by atoms with van der Waals surface area (Å²) in [6, 6.07) is 1.36. The molecular weight excluding hydrogens is 326 g/mol. The van der Waals surface area contributed by atoms with E-state index in [0.717, 1.165) is 6.08 Å². The number of benzene rings is 1. The zero-order valence-corrected chi connectivity index (χ0v) is 12.5. The lowest BCUT2D eigenvalue weighted by Gasteiger charge is -2.14. The van der Waals surface area contributed by atoms with E-state index >= 15 is 0 Å². The second-order valence-corrected chi connectivity index (χ2v) is 4.48. The Balaban J connectivity index is 3.19. The zero-order valence-electron chi connectivity index (χ0n) is 12.5. The van der Waals surface area contributed by atoms with Gasteiger partial charge in [-0.3, -0.25) is 0 Å². The Morgan fingerprint density at radius 2 is 1.30 bits per heavy atom. The highest BCUT2D eigenvalue weighted by atomic mass is 19.4. The van der Waals surface area contributed by atoms with Crippen molar-refractivity contribution in [1.29, 1.82) is 0 Å². The molecule has 0 saturated carbocycles. The molecule has 2 nitrogen and oxygen atoms in total. The van der Waals surface area contributed by atoms with Crippen LogP contribution in [0.25, 0.3) is 6.08 Å². The van der Waals surface area contributed by atoms with E-state index in [0.29, 0.717) is 12.1 Å². The van der Waals surface area contributed by atoms with Crippen molar-refractivity contribution in [1.82, 2.24) is 0 Å². The third-order valence-corrected chi connectivity index (χ3v) is 2.72. The fourth-order valence-electron chi connectivity index (χ4n) is 1.75. The molecule has 1 rings (SSSR count). The van der Waals surface area contributed by atoms with Gasteiger partial charge in [-0.2, -0.15) is 26.3 Å². The smallest absolute Gasteiger partial charge is 0.349 e. The van der Waals surface area contributed by atoms with Crippen molar-refractivity contribution in [2.75, 3.05) is 13.2 Å². The van der Waals surface area contributed by atoms with Gasteiger partial charge in [-0.25, -0.2) is 0 Å². The summed E-state index contributed by atoms with van der Waals surface area (Å²) < 4.78 is 86.7. The molecule has 0 bridgehead atoms. The molecule has 0 unspecified atom stereocenters. The maximum atomic E-state index is 12.7. The highest BCUT2D eigenvalue weighted by Gasteiger charge is 2.36. The van der Waals surface area contributed by atoms with Crippen LogP contribution in [0.4, 0.5) is 26.3 Å². The van der Waals surface area contributed by atoms with E-state index in [1.54, 1.807) is 13.8 Å². The highest BCUT2D eigenvalue weighted by Crippen LogP contribution is 2.36. The van der Waals surface area contributed by atoms with E-state index in [4.69, 9.17) is 9.47 Å². The van der Waals surface area contributed by atoms with Gasteiger partial charge < -0.3 is 9.47 Å². The largest absolute Gasteiger partial charge is 0.416 e. The Labute approximate surface area is 129 Å². The standard InChI is InChI=1S/C15H16F6O2/c1-3-22-13(23-4-2)6-5-10-7-11(14(16,17)18)9-12(8-10)15(19,20)21/h5-9,13H,3-4H2,1-2H3/b6-5+. The van der Waals surface area contributed by atoms with Gasteiger partial charge in [-0.1, -0.05) is 6.08 Å². The molecule has 0 saturated heterocycles. The van der Waals surface area contributed by atoms with Crippen LogP contribution < -0.4 is 0 Å². The molecule has 1 aromatic rings. The first-order chi connectivity index (χ1) is 10.6. The predicted molar refractivity (Wildman–Crippen MR) is 72.5 cm³/mol. The Kier molecular flexibility index (Phi) is 6.64. The molecule has 1 aromatic carbocycles. The topological polar surface area (TPSA) is 18.5 Å². The normalized spacial score (nSPS) is 13.3. The van der Waals surface area contributed by atoms with Crippen molar-refractivity contribution in [2.24, 2.45) is 0 Å². The molecule has 0 aliphatic carbocycles. The summed E-state index contributed by atoms with van der Waals surface area (Å²) in [6.07, 6.45) is -8.20. The molecule has 0 aliphatic rings. The van der Waals surface area contributed by atoms with Gasteiger partial charge in [0.1, 0.15) is 0 Å². The van der Waals surface area contributed by atoms with E-state index in [1.807, 2.05) is 0 Å². The van der Waals surface area contributed by atoms with Gasteiger partial charge in [-0.15, -0.1) is 0 Å². The van der Waals surface area contributed by atoms with Gasteiger partial charge in [0.25, 0.3) is 0 Å². The quantitative estimate of drug-likeness (QED) is 0.527. The summed E-state index contributed by atoms with van der Waals surface area (Å²) in [5.74, 6) is 0. The summed E-state index contributed by atoms with van der Waals surface area (Å²) in [6.45, 7) is 3.94. The van der Waals surface area contributed by atoms with Crippen LogP contribution in [0.5, 0.6) is 0 Å². The molecule has 0 spiro atoms. The van der Waals surface area contributed by atoms with Gasteiger partial charge in [-0.05, 0) is 43.7 Å². The molecule has 0 aliphatic heterocycles. The second kappa shape index (κ2) is 7.83. The lowest BCUT2D eigenvalue weighted by atomic mass is 10.0. The van der Waals surface area contributed by atoms with Gasteiger partial charge in [0, 0.05) is 13.2 Å². The molecule has 0 radical (unpaired) electrons. The maximum absolute atomic E-state index is 12.7. The van der Waals surface area contributed by atoms with Crippen molar-refractivity contribution in [3.05, 3.63) is 41.0 Å². The van der Waals surface area contributed by atoms with Gasteiger partial charge in [0.15, 0.2) is 6.29 Å². The lowest BCUT2D eigenvalue weighted by molar-refractivity contribution is -0.143. The Morgan fingerprint density at radius 3 is 1.65 bits per heavy atom. The third-order valence-electron chi connectivity index (χ3n) is 2.72. The van der Waals surface area contributed by atoms with Crippen LogP contribution >= 0.6 is 0 Å². The van der Waals surface area contributed by atoms with Crippen LogP contribution in [0, 0.1) is 0 Å². The third kappa shape index (κ3) is 6.23. The van der Waals surface area contributed by atoms with Crippen LogP contribution in [-0.2, 0) is 21.8 Å². The molecule has 23 heavy (non-hydrogen) atoms. The maximum Gasteiger partial charge on any atom is 0.416 e. The molecule has 0 aromatic heterocycles. The first-order valence-electron chi connectivity index (χ1n) is 6.78. The molecule has 0 atom stereocenters. The number of hydrogen-bond donors (Lipinski definition) is 0. The van der Waals surface area contributed by atoms with Crippen LogP contribution in [0.15, 0.2) is 24.3 Å². The number of hydrogen-bond acceptors (Lipinski definition) is 2. The van der Waals surface area contributed by atoms with Gasteiger partial charge in [0.05, 0.1) is 11.1 Å². The van der Waals surface area contributed by atoms with Crippen LogP contribution in [-0.4, -0.2) is 19.5 Å². The molecule has 0 N–H and O–H groups in total. The minimum atomic E-state index is -4.87. The van der Waals surface area contributed by atoms with E-state index in [1.165, 1.54) is 6.08 Å². The Bertz CT molecular complexity index is 495. The Morgan fingerprint density at radius 1 is 0.870 bits per heavy atom. The van der Waals surface area contributed by atoms with E-state index in [9.17, 15) is 26.3 Å². The van der Waals surface area contributed by atoms with Crippen molar-refractivity contribution >= 4 is 6.08 Å². The van der Waals surface area contributed by atoms with Crippen LogP contribution in [0.1, 0.15) is 30.5 Å². The second-order valence-electron chi connectivity index (χ2n) is 4.48. The molecule has 0 amide bonds. The van der Waals surface area contributed by atoms with E-state index < -0.39 is 29.8 Å². The monoisotopic (exact) mass is 342 g/mol. The van der Waals surface area contributed by atoms with E-state index in [2.05, 4.69) is 0 Å². The van der Waals surface area contributed by atoms with E-state index in [-0.39, 0.29) is 24.8 Å². The summed E-state index contributed by atoms with van der Waals surface area (Å²) in [4.78, 5) is 0. The fourth-order valence-corrected chi connectivity index (χ4v) is 1.75. The average Bonchev–Trinajstić information content (AvgIpc) is 2.43. The Hall–Kier alpha value is -1.54. The molecule has 0 fully saturated rings. The first-order valence-corrected chi connectivity index (χ1v) is 6.78. The molecular formula is C15H16F6O2. The molecule has 8 heteroatoms. The van der Waals surface area contributed by atoms with Crippen LogP contribution in [0.2, 0.25) is 0 Å². The van der Waals surface area contributed by atoms with Crippen LogP contribution in [0.3, 0.4) is 0 Å². The average molecular weight is 342 g/mol. The lowest BCUT2D eigenvalue weighted by Crippen LogP contribution is -2.14. The SMILES string of the molecule is CCOC(/C=C/c1cc(C(F)(F)F)cc(C(F)(F)F)c1)OCC. The highest BCUT2D eigenvalue weighted by molar-refractivity contribution is 5.53. The van der Waals surface area contributed by atoms with Gasteiger partial charge >= 0.3 is 12.4 Å². The minimum Gasteiger partial charge on any atom is -0.349 e. The first kappa shape index (κ1) is 19.5.